The van der Waals surface area contributed by atoms with Crippen LogP contribution in [0, 0.1) is 13.8 Å². The molecular weight excluding hydrogens is 260 g/mol. The predicted molar refractivity (Wildman–Crippen MR) is 79.2 cm³/mol. The number of carbonyl (C=O) groups excluding carboxylic acids is 1. The number of hydrogen-bond acceptors (Lipinski definition) is 2. The first kappa shape index (κ1) is 14.6. The van der Waals surface area contributed by atoms with Gasteiger partial charge in [-0.15, -0.1) is 11.6 Å². The van der Waals surface area contributed by atoms with Crippen LogP contribution < -0.4 is 0 Å². The maximum atomic E-state index is 11.8. The fraction of sp³-hybridized carbons (Fsp3) is 0.667. The molecule has 1 aliphatic heterocycles. The van der Waals surface area contributed by atoms with E-state index in [0.717, 1.165) is 23.5 Å². The fourth-order valence-corrected chi connectivity index (χ4v) is 3.14. The largest absolute Gasteiger partial charge is 0.347 e. The van der Waals surface area contributed by atoms with Gasteiger partial charge in [-0.25, -0.2) is 0 Å². The van der Waals surface area contributed by atoms with Gasteiger partial charge in [0.05, 0.1) is 5.88 Å². The molecule has 1 aromatic rings. The first-order valence-corrected chi connectivity index (χ1v) is 7.58. The van der Waals surface area contributed by atoms with Crippen LogP contribution in [0.25, 0.3) is 0 Å². The quantitative estimate of drug-likeness (QED) is 0.613. The zero-order chi connectivity index (χ0) is 14.0. The Morgan fingerprint density at radius 1 is 1.37 bits per heavy atom. The van der Waals surface area contributed by atoms with Crippen molar-refractivity contribution in [2.75, 3.05) is 19.0 Å². The molecule has 1 fully saturated rings. The molecule has 0 aromatic carbocycles. The van der Waals surface area contributed by atoms with E-state index in [2.05, 4.69) is 23.3 Å². The van der Waals surface area contributed by atoms with Crippen LogP contribution in [-0.2, 0) is 6.54 Å². The Morgan fingerprint density at radius 3 is 2.58 bits per heavy atom. The Kier molecular flexibility index (Phi) is 4.69. The summed E-state index contributed by atoms with van der Waals surface area (Å²) in [5, 5.41) is 0. The van der Waals surface area contributed by atoms with Crippen molar-refractivity contribution in [3.8, 4) is 0 Å². The molecule has 1 aliphatic rings. The van der Waals surface area contributed by atoms with E-state index in [1.165, 1.54) is 25.9 Å². The van der Waals surface area contributed by atoms with Gasteiger partial charge in [-0.3, -0.25) is 9.69 Å². The first-order chi connectivity index (χ1) is 9.04. The molecule has 3 nitrogen and oxygen atoms in total. The van der Waals surface area contributed by atoms with Crippen LogP contribution in [0.2, 0.25) is 0 Å². The highest BCUT2D eigenvalue weighted by Gasteiger charge is 2.21. The van der Waals surface area contributed by atoms with E-state index < -0.39 is 0 Å². The molecule has 1 unspecified atom stereocenters. The van der Waals surface area contributed by atoms with Gasteiger partial charge in [0.25, 0.3) is 0 Å². The monoisotopic (exact) mass is 282 g/mol. The molecule has 106 valence electrons. The summed E-state index contributed by atoms with van der Waals surface area (Å²) in [4.78, 5) is 14.3. The van der Waals surface area contributed by atoms with Crippen LogP contribution in [0.5, 0.6) is 0 Å². The summed E-state index contributed by atoms with van der Waals surface area (Å²) in [7, 11) is 0. The number of Topliss-reactive ketones (excluding diaryl/α,β-unsaturated/α-hetero) is 1. The van der Waals surface area contributed by atoms with E-state index in [-0.39, 0.29) is 11.7 Å². The fourth-order valence-electron chi connectivity index (χ4n) is 3.00. The van der Waals surface area contributed by atoms with Crippen molar-refractivity contribution in [1.29, 1.82) is 0 Å². The van der Waals surface area contributed by atoms with Crippen molar-refractivity contribution in [2.45, 2.75) is 46.2 Å². The summed E-state index contributed by atoms with van der Waals surface area (Å²) >= 11 is 5.66. The molecule has 0 bridgehead atoms. The molecule has 0 amide bonds. The molecular formula is C15H23ClN2O. The van der Waals surface area contributed by atoms with Gasteiger partial charge in [-0.2, -0.15) is 0 Å². The third-order valence-corrected chi connectivity index (χ3v) is 4.45. The summed E-state index contributed by atoms with van der Waals surface area (Å²) in [6.45, 7) is 9.71. The van der Waals surface area contributed by atoms with Crippen LogP contribution in [0.4, 0.5) is 0 Å². The average molecular weight is 283 g/mol. The highest BCUT2D eigenvalue weighted by Crippen LogP contribution is 2.19. The molecule has 2 heterocycles. The lowest BCUT2D eigenvalue weighted by atomic mass is 10.2. The van der Waals surface area contributed by atoms with Gasteiger partial charge in [-0.05, 0) is 52.8 Å². The van der Waals surface area contributed by atoms with Gasteiger partial charge >= 0.3 is 0 Å². The van der Waals surface area contributed by atoms with Crippen molar-refractivity contribution < 1.29 is 4.79 Å². The molecule has 1 atom stereocenters. The highest BCUT2D eigenvalue weighted by atomic mass is 35.5. The van der Waals surface area contributed by atoms with Crippen LogP contribution in [0.3, 0.4) is 0 Å². The summed E-state index contributed by atoms with van der Waals surface area (Å²) < 4.78 is 2.25. The number of halogens is 1. The second-order valence-electron chi connectivity index (χ2n) is 5.54. The standard InChI is InChI=1S/C15H23ClN2O/c1-11-8-14(15(19)9-16)13(3)18(11)10-12(2)17-6-4-5-7-17/h8,12H,4-7,9-10H2,1-3H3. The SMILES string of the molecule is Cc1cc(C(=O)CCl)c(C)n1CC(C)N1CCCC1. The number of hydrogen-bond donors (Lipinski definition) is 0. The van der Waals surface area contributed by atoms with Crippen molar-refractivity contribution in [3.05, 3.63) is 23.0 Å². The van der Waals surface area contributed by atoms with Crippen LogP contribution in [-0.4, -0.2) is 40.3 Å². The van der Waals surface area contributed by atoms with Gasteiger partial charge in [0.15, 0.2) is 5.78 Å². The Morgan fingerprint density at radius 2 is 2.00 bits per heavy atom. The normalized spacial score (nSPS) is 17.9. The second kappa shape index (κ2) is 6.10. The molecule has 0 spiro atoms. The van der Waals surface area contributed by atoms with Gasteiger partial charge in [-0.1, -0.05) is 0 Å². The van der Waals surface area contributed by atoms with Gasteiger partial charge < -0.3 is 4.57 Å². The van der Waals surface area contributed by atoms with E-state index >= 15 is 0 Å². The van der Waals surface area contributed by atoms with Crippen molar-refractivity contribution in [2.24, 2.45) is 0 Å². The molecule has 0 radical (unpaired) electrons. The topological polar surface area (TPSA) is 25.2 Å². The van der Waals surface area contributed by atoms with E-state index in [0.29, 0.717) is 6.04 Å². The van der Waals surface area contributed by atoms with Crippen molar-refractivity contribution >= 4 is 17.4 Å². The van der Waals surface area contributed by atoms with Gasteiger partial charge in [0, 0.05) is 29.5 Å². The average Bonchev–Trinajstić information content (AvgIpc) is 3.01. The lowest BCUT2D eigenvalue weighted by Gasteiger charge is -2.25. The Labute approximate surface area is 120 Å². The second-order valence-corrected chi connectivity index (χ2v) is 5.81. The highest BCUT2D eigenvalue weighted by molar-refractivity contribution is 6.30. The number of nitrogens with zero attached hydrogens (tertiary/aromatic N) is 2. The molecule has 0 aliphatic carbocycles. The molecule has 0 N–H and O–H groups in total. The van der Waals surface area contributed by atoms with Crippen LogP contribution in [0.1, 0.15) is 41.5 Å². The minimum atomic E-state index is 0.0230. The first-order valence-electron chi connectivity index (χ1n) is 7.04. The lowest BCUT2D eigenvalue weighted by Crippen LogP contribution is -2.34. The molecule has 1 aromatic heterocycles. The number of likely N-dealkylation sites (tertiary alicyclic amines) is 1. The maximum absolute atomic E-state index is 11.8. The Hall–Kier alpha value is -0.800. The van der Waals surface area contributed by atoms with E-state index in [4.69, 9.17) is 11.6 Å². The van der Waals surface area contributed by atoms with Crippen molar-refractivity contribution in [3.63, 3.8) is 0 Å². The third kappa shape index (κ3) is 3.03. The van der Waals surface area contributed by atoms with Gasteiger partial charge in [0.1, 0.15) is 0 Å². The summed E-state index contributed by atoms with van der Waals surface area (Å²) in [6, 6.07) is 2.49. The number of ketones is 1. The number of aromatic nitrogens is 1. The molecule has 4 heteroatoms. The molecule has 1 saturated heterocycles. The molecule has 19 heavy (non-hydrogen) atoms. The summed E-state index contributed by atoms with van der Waals surface area (Å²) in [5.74, 6) is 0.0845. The Balaban J connectivity index is 2.15. The predicted octanol–water partition coefficient (Wildman–Crippen LogP) is 3.01. The van der Waals surface area contributed by atoms with Crippen LogP contribution >= 0.6 is 11.6 Å². The Bertz CT molecular complexity index is 461. The van der Waals surface area contributed by atoms with Crippen LogP contribution in [0.15, 0.2) is 6.07 Å². The zero-order valence-corrected chi connectivity index (χ0v) is 12.8. The maximum Gasteiger partial charge on any atom is 0.179 e. The van der Waals surface area contributed by atoms with E-state index in [1.807, 2.05) is 13.0 Å². The van der Waals surface area contributed by atoms with Crippen molar-refractivity contribution in [1.82, 2.24) is 9.47 Å². The lowest BCUT2D eigenvalue weighted by molar-refractivity contribution is 0.102. The minimum Gasteiger partial charge on any atom is -0.347 e. The number of carbonyl (C=O) groups is 1. The smallest absolute Gasteiger partial charge is 0.179 e. The molecule has 0 saturated carbocycles. The van der Waals surface area contributed by atoms with Gasteiger partial charge in [0.2, 0.25) is 0 Å². The number of aryl methyl sites for hydroxylation is 1. The zero-order valence-electron chi connectivity index (χ0n) is 12.1. The minimum absolute atomic E-state index is 0.0230. The third-order valence-electron chi connectivity index (χ3n) is 4.21. The van der Waals surface area contributed by atoms with E-state index in [1.54, 1.807) is 0 Å². The summed E-state index contributed by atoms with van der Waals surface area (Å²) in [5.41, 5.74) is 2.98. The molecule has 2 rings (SSSR count). The number of rotatable bonds is 5. The van der Waals surface area contributed by atoms with E-state index in [9.17, 15) is 4.79 Å². The summed E-state index contributed by atoms with van der Waals surface area (Å²) in [6.07, 6.45) is 2.62. The number of alkyl halides is 1.